The summed E-state index contributed by atoms with van der Waals surface area (Å²) in [6.45, 7) is 0. The average Bonchev–Trinajstić information content (AvgIpc) is 3.23. The second kappa shape index (κ2) is 4.92. The Kier molecular flexibility index (Phi) is 3.13. The van der Waals surface area contributed by atoms with Crippen molar-refractivity contribution in [3.8, 4) is 0 Å². The molecule has 0 radical (unpaired) electrons. The summed E-state index contributed by atoms with van der Waals surface area (Å²) >= 11 is 0. The summed E-state index contributed by atoms with van der Waals surface area (Å²) in [4.78, 5) is 11.6. The van der Waals surface area contributed by atoms with Crippen molar-refractivity contribution in [1.82, 2.24) is 5.43 Å². The Bertz CT molecular complexity index is 489. The van der Waals surface area contributed by atoms with Crippen LogP contribution in [0.2, 0.25) is 0 Å². The second-order valence-corrected chi connectivity index (χ2v) is 5.17. The third-order valence-electron chi connectivity index (χ3n) is 3.69. The Morgan fingerprint density at radius 3 is 2.78 bits per heavy atom. The lowest BCUT2D eigenvalue weighted by Crippen LogP contribution is -2.21. The van der Waals surface area contributed by atoms with Gasteiger partial charge in [-0.2, -0.15) is 5.10 Å². The number of rotatable bonds is 2. The molecule has 1 aromatic rings. The number of fused-ring (bicyclic) bond motifs is 1. The summed E-state index contributed by atoms with van der Waals surface area (Å²) in [5.74, 6) is 0.305. The van der Waals surface area contributed by atoms with Crippen LogP contribution in [0, 0.1) is 5.92 Å². The molecule has 2 aliphatic carbocycles. The number of nitrogens with one attached hydrogen (secondary N) is 1. The lowest BCUT2D eigenvalue weighted by Gasteiger charge is -2.07. The zero-order valence-electron chi connectivity index (χ0n) is 10.5. The van der Waals surface area contributed by atoms with E-state index < -0.39 is 0 Å². The van der Waals surface area contributed by atoms with Crippen LogP contribution in [0.3, 0.4) is 0 Å². The molecule has 0 aliphatic heterocycles. The Balaban J connectivity index is 1.81. The molecule has 1 aromatic carbocycles. The number of aryl methyl sites for hydroxylation is 1. The van der Waals surface area contributed by atoms with E-state index in [0.29, 0.717) is 0 Å². The molecule has 18 heavy (non-hydrogen) atoms. The molecule has 94 valence electrons. The van der Waals surface area contributed by atoms with E-state index in [0.717, 1.165) is 37.8 Å². The van der Waals surface area contributed by atoms with E-state index >= 15 is 0 Å². The van der Waals surface area contributed by atoms with Gasteiger partial charge in [-0.15, -0.1) is 0 Å². The summed E-state index contributed by atoms with van der Waals surface area (Å²) in [7, 11) is 0. The Labute approximate surface area is 107 Å². The minimum atomic E-state index is 0.0872. The van der Waals surface area contributed by atoms with Gasteiger partial charge < -0.3 is 0 Å². The largest absolute Gasteiger partial charge is 0.273 e. The highest BCUT2D eigenvalue weighted by molar-refractivity contribution is 6.02. The van der Waals surface area contributed by atoms with E-state index in [4.69, 9.17) is 0 Å². The number of benzene rings is 1. The lowest BCUT2D eigenvalue weighted by molar-refractivity contribution is -0.122. The average molecular weight is 242 g/mol. The van der Waals surface area contributed by atoms with Crippen LogP contribution in [-0.2, 0) is 11.2 Å². The fourth-order valence-electron chi connectivity index (χ4n) is 2.44. The Hall–Kier alpha value is -1.64. The molecule has 0 unspecified atom stereocenters. The molecule has 3 rings (SSSR count). The zero-order chi connectivity index (χ0) is 12.4. The molecule has 1 N–H and O–H groups in total. The monoisotopic (exact) mass is 242 g/mol. The van der Waals surface area contributed by atoms with E-state index in [9.17, 15) is 4.79 Å². The van der Waals surface area contributed by atoms with Crippen LogP contribution in [-0.4, -0.2) is 11.6 Å². The first-order valence-corrected chi connectivity index (χ1v) is 6.79. The van der Waals surface area contributed by atoms with E-state index in [-0.39, 0.29) is 11.8 Å². The van der Waals surface area contributed by atoms with Gasteiger partial charge in [0.05, 0.1) is 5.71 Å². The van der Waals surface area contributed by atoms with Crippen molar-refractivity contribution in [2.24, 2.45) is 11.0 Å². The summed E-state index contributed by atoms with van der Waals surface area (Å²) in [5.41, 5.74) is 6.34. The van der Waals surface area contributed by atoms with E-state index in [2.05, 4.69) is 28.7 Å². The number of carbonyl (C=O) groups is 1. The maximum Gasteiger partial charge on any atom is 0.243 e. The molecule has 0 saturated heterocycles. The molecule has 3 nitrogen and oxygen atoms in total. The first-order chi connectivity index (χ1) is 8.84. The molecular weight excluding hydrogens is 224 g/mol. The van der Waals surface area contributed by atoms with Crippen LogP contribution in [0.4, 0.5) is 0 Å². The zero-order valence-corrected chi connectivity index (χ0v) is 10.5. The predicted octanol–water partition coefficient (Wildman–Crippen LogP) is 2.64. The van der Waals surface area contributed by atoms with Gasteiger partial charge in [-0.3, -0.25) is 4.79 Å². The molecule has 3 heteroatoms. The van der Waals surface area contributed by atoms with Crippen molar-refractivity contribution in [2.75, 3.05) is 0 Å². The standard InChI is InChI=1S/C15H18N2O/c18-15(12-9-10-12)17-16-14-8-4-2-6-11-5-1-3-7-13(11)14/h1,3,5,7,12H,2,4,6,8-10H2,(H,17,18)/b16-14-. The molecule has 0 aromatic heterocycles. The molecule has 0 bridgehead atoms. The van der Waals surface area contributed by atoms with Crippen molar-refractivity contribution in [1.29, 1.82) is 0 Å². The van der Waals surface area contributed by atoms with Crippen LogP contribution < -0.4 is 5.43 Å². The normalized spacial score (nSPS) is 21.2. The van der Waals surface area contributed by atoms with Gasteiger partial charge in [-0.1, -0.05) is 24.3 Å². The number of carbonyl (C=O) groups excluding carboxylic acids is 1. The highest BCUT2D eigenvalue weighted by Crippen LogP contribution is 2.28. The number of nitrogens with zero attached hydrogens (tertiary/aromatic N) is 1. The van der Waals surface area contributed by atoms with E-state index in [1.807, 2.05) is 6.07 Å². The fourth-order valence-corrected chi connectivity index (χ4v) is 2.44. The van der Waals surface area contributed by atoms with Crippen LogP contribution in [0.1, 0.15) is 43.2 Å². The van der Waals surface area contributed by atoms with Crippen LogP contribution in [0.25, 0.3) is 0 Å². The fraction of sp³-hybridized carbons (Fsp3) is 0.467. The molecular formula is C15H18N2O. The molecule has 1 fully saturated rings. The van der Waals surface area contributed by atoms with Gasteiger partial charge in [-0.25, -0.2) is 5.43 Å². The SMILES string of the molecule is O=C(N/N=C1/CCCCc2ccccc21)C1CC1. The number of hydrogen-bond donors (Lipinski definition) is 1. The van der Waals surface area contributed by atoms with E-state index in [1.54, 1.807) is 0 Å². The Morgan fingerprint density at radius 1 is 1.17 bits per heavy atom. The molecule has 0 atom stereocenters. The first-order valence-electron chi connectivity index (χ1n) is 6.79. The van der Waals surface area contributed by atoms with Gasteiger partial charge in [0, 0.05) is 11.5 Å². The lowest BCUT2D eigenvalue weighted by atomic mass is 10.0. The van der Waals surface area contributed by atoms with Crippen molar-refractivity contribution in [2.45, 2.75) is 38.5 Å². The molecule has 1 saturated carbocycles. The second-order valence-electron chi connectivity index (χ2n) is 5.17. The minimum Gasteiger partial charge on any atom is -0.273 e. The first kappa shape index (κ1) is 11.5. The van der Waals surface area contributed by atoms with Gasteiger partial charge in [0.2, 0.25) is 5.91 Å². The number of hydrogen-bond acceptors (Lipinski definition) is 2. The molecule has 1 amide bonds. The molecule has 0 spiro atoms. The number of amides is 1. The van der Waals surface area contributed by atoms with Gasteiger partial charge in [0.1, 0.15) is 0 Å². The topological polar surface area (TPSA) is 41.5 Å². The van der Waals surface area contributed by atoms with Crippen molar-refractivity contribution < 1.29 is 4.79 Å². The number of hydrazone groups is 1. The minimum absolute atomic E-state index is 0.0872. The third-order valence-corrected chi connectivity index (χ3v) is 3.69. The summed E-state index contributed by atoms with van der Waals surface area (Å²) in [5, 5.41) is 4.36. The highest BCUT2D eigenvalue weighted by atomic mass is 16.2. The van der Waals surface area contributed by atoms with Gasteiger partial charge >= 0.3 is 0 Å². The quantitative estimate of drug-likeness (QED) is 0.628. The van der Waals surface area contributed by atoms with Gasteiger partial charge in [-0.05, 0) is 44.1 Å². The van der Waals surface area contributed by atoms with Crippen molar-refractivity contribution >= 4 is 11.6 Å². The maximum atomic E-state index is 11.6. The van der Waals surface area contributed by atoms with Crippen molar-refractivity contribution in [3.05, 3.63) is 35.4 Å². The van der Waals surface area contributed by atoms with Crippen LogP contribution in [0.5, 0.6) is 0 Å². The van der Waals surface area contributed by atoms with Gasteiger partial charge in [0.25, 0.3) is 0 Å². The molecule has 2 aliphatic rings. The van der Waals surface area contributed by atoms with Gasteiger partial charge in [0.15, 0.2) is 0 Å². The maximum absolute atomic E-state index is 11.6. The molecule has 0 heterocycles. The smallest absolute Gasteiger partial charge is 0.243 e. The summed E-state index contributed by atoms with van der Waals surface area (Å²) in [6.07, 6.45) is 6.47. The van der Waals surface area contributed by atoms with Crippen LogP contribution >= 0.6 is 0 Å². The van der Waals surface area contributed by atoms with E-state index in [1.165, 1.54) is 17.5 Å². The predicted molar refractivity (Wildman–Crippen MR) is 71.4 cm³/mol. The highest BCUT2D eigenvalue weighted by Gasteiger charge is 2.29. The van der Waals surface area contributed by atoms with Crippen molar-refractivity contribution in [3.63, 3.8) is 0 Å². The summed E-state index contributed by atoms with van der Waals surface area (Å²) < 4.78 is 0. The van der Waals surface area contributed by atoms with Crippen LogP contribution in [0.15, 0.2) is 29.4 Å². The summed E-state index contributed by atoms with van der Waals surface area (Å²) in [6, 6.07) is 8.40. The Morgan fingerprint density at radius 2 is 1.94 bits per heavy atom. The third kappa shape index (κ3) is 2.45.